The van der Waals surface area contributed by atoms with E-state index in [0.717, 1.165) is 6.42 Å². The molecule has 2 N–H and O–H groups in total. The van der Waals surface area contributed by atoms with Gasteiger partial charge in [0.15, 0.2) is 5.82 Å². The molecule has 0 saturated carbocycles. The van der Waals surface area contributed by atoms with E-state index in [1.807, 2.05) is 0 Å². The van der Waals surface area contributed by atoms with Crippen LogP contribution >= 0.6 is 0 Å². The molecule has 1 aliphatic rings. The molecule has 2 aromatic heterocycles. The number of hydrogen-bond donors (Lipinski definition) is 2. The van der Waals surface area contributed by atoms with Crippen molar-refractivity contribution >= 4 is 29.1 Å². The molecule has 0 bridgehead atoms. The van der Waals surface area contributed by atoms with Gasteiger partial charge in [-0.3, -0.25) is 15.1 Å². The van der Waals surface area contributed by atoms with Crippen LogP contribution in [-0.2, 0) is 4.79 Å². The smallest absolute Gasteiger partial charge is 0.309 e. The maximum absolute atomic E-state index is 12.0. The van der Waals surface area contributed by atoms with E-state index in [0.29, 0.717) is 30.2 Å². The number of amides is 3. The van der Waals surface area contributed by atoms with Crippen molar-refractivity contribution < 1.29 is 9.59 Å². The number of pyridine rings is 2. The number of nitrogens with zero attached hydrogens (tertiary/aromatic N) is 3. The van der Waals surface area contributed by atoms with Crippen molar-refractivity contribution in [2.24, 2.45) is 0 Å². The van der Waals surface area contributed by atoms with Gasteiger partial charge >= 0.3 is 6.03 Å². The van der Waals surface area contributed by atoms with Crippen LogP contribution in [0, 0.1) is 0 Å². The second kappa shape index (κ2) is 6.21. The minimum absolute atomic E-state index is 0.0451. The topological polar surface area (TPSA) is 87.2 Å². The molecule has 3 rings (SSSR count). The van der Waals surface area contributed by atoms with Crippen LogP contribution in [0.4, 0.5) is 22.0 Å². The lowest BCUT2D eigenvalue weighted by Crippen LogP contribution is -2.27. The van der Waals surface area contributed by atoms with Gasteiger partial charge in [0, 0.05) is 25.4 Å². The SMILES string of the molecule is O=C(Nc1cccnc1)Nc1ncccc1N1CCCC1=O. The number of aromatic nitrogens is 2. The summed E-state index contributed by atoms with van der Waals surface area (Å²) in [6.07, 6.45) is 6.08. The fourth-order valence-corrected chi connectivity index (χ4v) is 2.32. The summed E-state index contributed by atoms with van der Waals surface area (Å²) >= 11 is 0. The fourth-order valence-electron chi connectivity index (χ4n) is 2.32. The molecular weight excluding hydrogens is 282 g/mol. The molecule has 0 atom stereocenters. The summed E-state index contributed by atoms with van der Waals surface area (Å²) in [4.78, 5) is 33.6. The standard InChI is InChI=1S/C15H15N5O2/c21-13-6-3-9-20(13)12-5-2-8-17-14(12)19-15(22)18-11-4-1-7-16-10-11/h1-2,4-5,7-8,10H,3,6,9H2,(H2,17,18,19,22). The highest BCUT2D eigenvalue weighted by atomic mass is 16.2. The van der Waals surface area contributed by atoms with Crippen molar-refractivity contribution in [1.29, 1.82) is 0 Å². The number of anilines is 3. The Balaban J connectivity index is 1.75. The molecule has 112 valence electrons. The molecule has 0 spiro atoms. The molecule has 22 heavy (non-hydrogen) atoms. The van der Waals surface area contributed by atoms with Crippen LogP contribution in [0.15, 0.2) is 42.9 Å². The lowest BCUT2D eigenvalue weighted by atomic mass is 10.3. The number of carbonyl (C=O) groups excluding carboxylic acids is 2. The zero-order valence-electron chi connectivity index (χ0n) is 11.8. The normalized spacial score (nSPS) is 14.0. The Labute approximate surface area is 127 Å². The third-order valence-electron chi connectivity index (χ3n) is 3.30. The van der Waals surface area contributed by atoms with Gasteiger partial charge in [-0.2, -0.15) is 0 Å². The quantitative estimate of drug-likeness (QED) is 0.909. The van der Waals surface area contributed by atoms with Crippen LogP contribution in [-0.4, -0.2) is 28.5 Å². The van der Waals surface area contributed by atoms with Crippen molar-refractivity contribution in [3.8, 4) is 0 Å². The molecule has 0 aromatic carbocycles. The zero-order chi connectivity index (χ0) is 15.4. The molecule has 1 aliphatic heterocycles. The molecule has 0 unspecified atom stereocenters. The summed E-state index contributed by atoms with van der Waals surface area (Å²) in [5, 5.41) is 5.34. The van der Waals surface area contributed by atoms with Crippen LogP contribution in [0.2, 0.25) is 0 Å². The van der Waals surface area contributed by atoms with E-state index >= 15 is 0 Å². The first-order valence-corrected chi connectivity index (χ1v) is 6.97. The highest BCUT2D eigenvalue weighted by molar-refractivity contribution is 6.04. The molecule has 3 amide bonds. The summed E-state index contributed by atoms with van der Waals surface area (Å²) in [5.41, 5.74) is 1.20. The monoisotopic (exact) mass is 297 g/mol. The Kier molecular flexibility index (Phi) is 3.95. The first-order valence-electron chi connectivity index (χ1n) is 6.97. The van der Waals surface area contributed by atoms with Crippen molar-refractivity contribution in [3.63, 3.8) is 0 Å². The zero-order valence-corrected chi connectivity index (χ0v) is 11.8. The van der Waals surface area contributed by atoms with Crippen molar-refractivity contribution in [2.75, 3.05) is 22.1 Å². The molecule has 1 fully saturated rings. The predicted molar refractivity (Wildman–Crippen MR) is 82.7 cm³/mol. The second-order valence-corrected chi connectivity index (χ2v) is 4.84. The summed E-state index contributed by atoms with van der Waals surface area (Å²) in [6, 6.07) is 6.54. The first-order chi connectivity index (χ1) is 10.7. The summed E-state index contributed by atoms with van der Waals surface area (Å²) in [5.74, 6) is 0.405. The van der Waals surface area contributed by atoms with Gasteiger partial charge < -0.3 is 10.2 Å². The highest BCUT2D eigenvalue weighted by Gasteiger charge is 2.24. The van der Waals surface area contributed by atoms with Crippen molar-refractivity contribution in [3.05, 3.63) is 42.9 Å². The molecule has 2 aromatic rings. The summed E-state index contributed by atoms with van der Waals surface area (Å²) < 4.78 is 0. The van der Waals surface area contributed by atoms with E-state index in [2.05, 4.69) is 20.6 Å². The number of rotatable bonds is 3. The Bertz CT molecular complexity index is 689. The van der Waals surface area contributed by atoms with Gasteiger partial charge in [0.1, 0.15) is 0 Å². The van der Waals surface area contributed by atoms with Crippen LogP contribution < -0.4 is 15.5 Å². The maximum Gasteiger partial charge on any atom is 0.324 e. The first kappa shape index (κ1) is 14.0. The number of carbonyl (C=O) groups is 2. The van der Waals surface area contributed by atoms with Gasteiger partial charge in [-0.15, -0.1) is 0 Å². The number of urea groups is 1. The summed E-state index contributed by atoms with van der Waals surface area (Å²) in [6.45, 7) is 0.642. The largest absolute Gasteiger partial charge is 0.324 e. The third kappa shape index (κ3) is 3.03. The van der Waals surface area contributed by atoms with Gasteiger partial charge in [-0.25, -0.2) is 9.78 Å². The van der Waals surface area contributed by atoms with Crippen molar-refractivity contribution in [2.45, 2.75) is 12.8 Å². The Morgan fingerprint density at radius 3 is 2.77 bits per heavy atom. The predicted octanol–water partition coefficient (Wildman–Crippen LogP) is 2.25. The molecule has 0 aliphatic carbocycles. The molecule has 7 heteroatoms. The van der Waals surface area contributed by atoms with Gasteiger partial charge in [-0.1, -0.05) is 0 Å². The molecule has 7 nitrogen and oxygen atoms in total. The van der Waals surface area contributed by atoms with E-state index in [1.165, 1.54) is 0 Å². The van der Waals surface area contributed by atoms with E-state index in [1.54, 1.807) is 47.8 Å². The molecule has 3 heterocycles. The average Bonchev–Trinajstić information content (AvgIpc) is 2.95. The van der Waals surface area contributed by atoms with Crippen LogP contribution in [0.3, 0.4) is 0 Å². The summed E-state index contributed by atoms with van der Waals surface area (Å²) in [7, 11) is 0. The number of nitrogens with one attached hydrogen (secondary N) is 2. The van der Waals surface area contributed by atoms with E-state index in [4.69, 9.17) is 0 Å². The van der Waals surface area contributed by atoms with Gasteiger partial charge in [0.2, 0.25) is 5.91 Å². The van der Waals surface area contributed by atoms with E-state index in [9.17, 15) is 9.59 Å². The van der Waals surface area contributed by atoms with Gasteiger partial charge in [0.25, 0.3) is 0 Å². The fraction of sp³-hybridized carbons (Fsp3) is 0.200. The molecule has 1 saturated heterocycles. The van der Waals surface area contributed by atoms with Crippen LogP contribution in [0.1, 0.15) is 12.8 Å². The number of hydrogen-bond acceptors (Lipinski definition) is 4. The van der Waals surface area contributed by atoms with Gasteiger partial charge in [0.05, 0.1) is 17.6 Å². The van der Waals surface area contributed by atoms with Gasteiger partial charge in [-0.05, 0) is 30.7 Å². The van der Waals surface area contributed by atoms with E-state index in [-0.39, 0.29) is 5.91 Å². The average molecular weight is 297 g/mol. The Morgan fingerprint density at radius 1 is 1.18 bits per heavy atom. The lowest BCUT2D eigenvalue weighted by Gasteiger charge is -2.19. The van der Waals surface area contributed by atoms with E-state index < -0.39 is 6.03 Å². The van der Waals surface area contributed by atoms with Crippen LogP contribution in [0.25, 0.3) is 0 Å². The van der Waals surface area contributed by atoms with Crippen LogP contribution in [0.5, 0.6) is 0 Å². The Morgan fingerprint density at radius 2 is 2.05 bits per heavy atom. The molecule has 0 radical (unpaired) electrons. The van der Waals surface area contributed by atoms with Crippen molar-refractivity contribution in [1.82, 2.24) is 9.97 Å². The lowest BCUT2D eigenvalue weighted by molar-refractivity contribution is -0.117. The maximum atomic E-state index is 12.0. The molecular formula is C15H15N5O2. The minimum atomic E-state index is -0.431. The second-order valence-electron chi connectivity index (χ2n) is 4.84. The highest BCUT2D eigenvalue weighted by Crippen LogP contribution is 2.27. The minimum Gasteiger partial charge on any atom is -0.309 e. The third-order valence-corrected chi connectivity index (χ3v) is 3.30. The Hall–Kier alpha value is -2.96.